The molecule has 0 atom stereocenters. The van der Waals surface area contributed by atoms with Crippen molar-refractivity contribution in [3.63, 3.8) is 0 Å². The van der Waals surface area contributed by atoms with Gasteiger partial charge < -0.3 is 13.9 Å². The molecule has 1 aliphatic rings. The Morgan fingerprint density at radius 1 is 1.14 bits per heavy atom. The van der Waals surface area contributed by atoms with Crippen LogP contribution in [0.2, 0.25) is 5.02 Å². The molecule has 146 valence electrons. The molecule has 0 amide bonds. The molecule has 0 bridgehead atoms. The fraction of sp³-hybridized carbons (Fsp3) is 0.300. The fourth-order valence-electron chi connectivity index (χ4n) is 2.78. The van der Waals surface area contributed by atoms with Gasteiger partial charge in [0.05, 0.1) is 17.7 Å². The van der Waals surface area contributed by atoms with Crippen LogP contribution in [-0.4, -0.2) is 29.3 Å². The Morgan fingerprint density at radius 2 is 1.93 bits per heavy atom. The maximum Gasteiger partial charge on any atom is 0.227 e. The van der Waals surface area contributed by atoms with Crippen molar-refractivity contribution in [2.75, 3.05) is 13.2 Å². The van der Waals surface area contributed by atoms with Gasteiger partial charge in [-0.15, -0.1) is 0 Å². The van der Waals surface area contributed by atoms with E-state index in [1.807, 2.05) is 6.07 Å². The number of benzene rings is 1. The highest BCUT2D eigenvalue weighted by Crippen LogP contribution is 2.34. The predicted molar refractivity (Wildman–Crippen MR) is 104 cm³/mol. The first-order chi connectivity index (χ1) is 13.7. The molecule has 8 heteroatoms. The minimum atomic E-state index is -0.307. The summed E-state index contributed by atoms with van der Waals surface area (Å²) in [5, 5.41) is 1.90. The lowest BCUT2D eigenvalue weighted by molar-refractivity contribution is -0.0407. The topological polar surface area (TPSA) is 57.4 Å². The highest BCUT2D eigenvalue weighted by molar-refractivity contribution is 7.99. The quantitative estimate of drug-likeness (QED) is 0.534. The maximum absolute atomic E-state index is 13.2. The van der Waals surface area contributed by atoms with Gasteiger partial charge in [-0.25, -0.2) is 14.4 Å². The third kappa shape index (κ3) is 4.91. The summed E-state index contributed by atoms with van der Waals surface area (Å²) in [4.78, 5) is 8.88. The van der Waals surface area contributed by atoms with Crippen molar-refractivity contribution in [1.29, 1.82) is 0 Å². The van der Waals surface area contributed by atoms with Crippen LogP contribution in [0.1, 0.15) is 18.5 Å². The molecule has 1 aromatic carbocycles. The van der Waals surface area contributed by atoms with Gasteiger partial charge in [0.2, 0.25) is 5.89 Å². The summed E-state index contributed by atoms with van der Waals surface area (Å²) in [6, 6.07) is 9.62. The Bertz CT molecular complexity index is 912. The van der Waals surface area contributed by atoms with E-state index in [0.717, 1.165) is 17.9 Å². The Balaban J connectivity index is 1.57. The van der Waals surface area contributed by atoms with Crippen LogP contribution in [0.15, 0.2) is 57.1 Å². The van der Waals surface area contributed by atoms with Crippen LogP contribution >= 0.6 is 23.4 Å². The summed E-state index contributed by atoms with van der Waals surface area (Å²) in [5.41, 5.74) is 1.39. The Morgan fingerprint density at radius 3 is 2.64 bits per heavy atom. The van der Waals surface area contributed by atoms with E-state index >= 15 is 0 Å². The van der Waals surface area contributed by atoms with Crippen LogP contribution in [0.5, 0.6) is 0 Å². The molecule has 0 N–H and O–H groups in total. The molecule has 0 radical (unpaired) electrons. The van der Waals surface area contributed by atoms with Gasteiger partial charge in [0.15, 0.2) is 5.09 Å². The van der Waals surface area contributed by atoms with Crippen molar-refractivity contribution in [1.82, 2.24) is 9.97 Å². The molecule has 4 rings (SSSR count). The molecule has 0 saturated carbocycles. The average Bonchev–Trinajstić information content (AvgIpc) is 3.12. The van der Waals surface area contributed by atoms with E-state index in [-0.39, 0.29) is 11.9 Å². The summed E-state index contributed by atoms with van der Waals surface area (Å²) in [6.07, 6.45) is 3.46. The molecule has 1 aliphatic heterocycles. The number of nitrogens with zero attached hydrogens (tertiary/aromatic N) is 2. The molecule has 5 nitrogen and oxygen atoms in total. The van der Waals surface area contributed by atoms with Gasteiger partial charge in [-0.05, 0) is 61.0 Å². The third-order valence-electron chi connectivity index (χ3n) is 4.27. The second-order valence-electron chi connectivity index (χ2n) is 6.30. The van der Waals surface area contributed by atoms with Gasteiger partial charge in [-0.2, -0.15) is 0 Å². The van der Waals surface area contributed by atoms with E-state index in [2.05, 4.69) is 9.97 Å². The Labute approximate surface area is 171 Å². The zero-order valence-electron chi connectivity index (χ0n) is 14.9. The number of ether oxygens (including phenoxy) is 2. The molecule has 1 fully saturated rings. The molecular weight excluding hydrogens is 403 g/mol. The number of oxazole rings is 1. The number of halogens is 2. The summed E-state index contributed by atoms with van der Waals surface area (Å²) in [7, 11) is 0. The molecule has 3 heterocycles. The number of hydrogen-bond acceptors (Lipinski definition) is 6. The summed E-state index contributed by atoms with van der Waals surface area (Å²) in [6.45, 7) is 1.74. The maximum atomic E-state index is 13.2. The molecule has 0 aliphatic carbocycles. The number of rotatable bonds is 6. The summed E-state index contributed by atoms with van der Waals surface area (Å²) in [5.74, 6) is 0.111. The zero-order chi connectivity index (χ0) is 19.3. The van der Waals surface area contributed by atoms with E-state index in [1.165, 1.54) is 23.9 Å². The van der Waals surface area contributed by atoms with Crippen LogP contribution in [0, 0.1) is 5.82 Å². The van der Waals surface area contributed by atoms with Crippen LogP contribution in [0.3, 0.4) is 0 Å². The zero-order valence-corrected chi connectivity index (χ0v) is 16.5. The molecule has 2 aromatic heterocycles. The number of aromatic nitrogens is 2. The van der Waals surface area contributed by atoms with Crippen LogP contribution in [-0.2, 0) is 16.1 Å². The van der Waals surface area contributed by atoms with Crippen molar-refractivity contribution < 1.29 is 18.3 Å². The SMILES string of the molecule is Fc1ccc(-c2nc(COC3CCOCC3)c(Sc3ccc(Cl)cn3)o2)cc1. The predicted octanol–water partition coefficient (Wildman–Crippen LogP) is 5.38. The minimum Gasteiger partial charge on any atom is -0.429 e. The number of hydrogen-bond donors (Lipinski definition) is 0. The van der Waals surface area contributed by atoms with Crippen molar-refractivity contribution >= 4 is 23.4 Å². The molecule has 0 unspecified atom stereocenters. The third-order valence-corrected chi connectivity index (χ3v) is 5.45. The summed E-state index contributed by atoms with van der Waals surface area (Å²) < 4.78 is 30.6. The van der Waals surface area contributed by atoms with E-state index in [1.54, 1.807) is 24.4 Å². The largest absolute Gasteiger partial charge is 0.429 e. The first-order valence-electron chi connectivity index (χ1n) is 8.92. The lowest BCUT2D eigenvalue weighted by atomic mass is 10.1. The smallest absolute Gasteiger partial charge is 0.227 e. The van der Waals surface area contributed by atoms with Crippen LogP contribution in [0.25, 0.3) is 11.5 Å². The van der Waals surface area contributed by atoms with Crippen molar-refractivity contribution in [3.05, 3.63) is 59.1 Å². The van der Waals surface area contributed by atoms with Crippen LogP contribution < -0.4 is 0 Å². The van der Waals surface area contributed by atoms with E-state index in [9.17, 15) is 4.39 Å². The molecule has 28 heavy (non-hydrogen) atoms. The first kappa shape index (κ1) is 19.4. The average molecular weight is 421 g/mol. The highest BCUT2D eigenvalue weighted by Gasteiger charge is 2.20. The Hall–Kier alpha value is -1.93. The van der Waals surface area contributed by atoms with Crippen molar-refractivity contribution in [3.8, 4) is 11.5 Å². The minimum absolute atomic E-state index is 0.145. The van der Waals surface area contributed by atoms with Gasteiger partial charge in [0.1, 0.15) is 16.5 Å². The number of pyridine rings is 1. The Kier molecular flexibility index (Phi) is 6.26. The van der Waals surface area contributed by atoms with Gasteiger partial charge >= 0.3 is 0 Å². The van der Waals surface area contributed by atoms with Crippen molar-refractivity contribution in [2.24, 2.45) is 0 Å². The first-order valence-corrected chi connectivity index (χ1v) is 10.1. The standard InChI is InChI=1S/C20H18ClFN2O3S/c21-14-3-6-18(23-11-14)28-20-17(12-26-16-7-9-25-10-8-16)24-19(27-20)13-1-4-15(22)5-2-13/h1-6,11,16H,7-10,12H2. The monoisotopic (exact) mass is 420 g/mol. The molecule has 0 spiro atoms. The second kappa shape index (κ2) is 9.05. The summed E-state index contributed by atoms with van der Waals surface area (Å²) >= 11 is 7.26. The molecule has 3 aromatic rings. The van der Waals surface area contributed by atoms with E-state index in [0.29, 0.717) is 47.1 Å². The lowest BCUT2D eigenvalue weighted by Gasteiger charge is -2.21. The molecular formula is C20H18ClFN2O3S. The van der Waals surface area contributed by atoms with Crippen LogP contribution in [0.4, 0.5) is 4.39 Å². The van der Waals surface area contributed by atoms with Gasteiger partial charge in [0.25, 0.3) is 0 Å². The molecule has 1 saturated heterocycles. The van der Waals surface area contributed by atoms with Gasteiger partial charge in [0, 0.05) is 25.0 Å². The second-order valence-corrected chi connectivity index (χ2v) is 7.73. The highest BCUT2D eigenvalue weighted by atomic mass is 35.5. The van der Waals surface area contributed by atoms with Gasteiger partial charge in [-0.1, -0.05) is 11.6 Å². The van der Waals surface area contributed by atoms with Gasteiger partial charge in [-0.3, -0.25) is 0 Å². The van der Waals surface area contributed by atoms with E-state index < -0.39 is 0 Å². The van der Waals surface area contributed by atoms with E-state index in [4.69, 9.17) is 25.5 Å². The normalized spacial score (nSPS) is 15.1. The van der Waals surface area contributed by atoms with Crippen molar-refractivity contribution in [2.45, 2.75) is 35.7 Å². The lowest BCUT2D eigenvalue weighted by Crippen LogP contribution is -2.23. The fourth-order valence-corrected chi connectivity index (χ4v) is 3.67.